The summed E-state index contributed by atoms with van der Waals surface area (Å²) in [5.74, 6) is 0.381. The summed E-state index contributed by atoms with van der Waals surface area (Å²) in [4.78, 5) is 12.2. The third-order valence-electron chi connectivity index (χ3n) is 4.01. The van der Waals surface area contributed by atoms with E-state index in [0.29, 0.717) is 5.78 Å². The highest BCUT2D eigenvalue weighted by atomic mass is 28.3. The van der Waals surface area contributed by atoms with Gasteiger partial charge < -0.3 is 0 Å². The maximum atomic E-state index is 12.2. The average Bonchev–Trinajstić information content (AvgIpc) is 2.60. The summed E-state index contributed by atoms with van der Waals surface area (Å²) in [6, 6.07) is 0. The summed E-state index contributed by atoms with van der Waals surface area (Å²) in [7, 11) is -1.28. The fourth-order valence-corrected chi connectivity index (χ4v) is 4.11. The van der Waals surface area contributed by atoms with Crippen molar-refractivity contribution in [2.75, 3.05) is 0 Å². The number of rotatable bonds is 1. The minimum atomic E-state index is -1.28. The van der Waals surface area contributed by atoms with Crippen molar-refractivity contribution < 1.29 is 4.79 Å². The minimum absolute atomic E-state index is 0.102. The van der Waals surface area contributed by atoms with Crippen LogP contribution in [0.5, 0.6) is 0 Å². The lowest BCUT2D eigenvalue weighted by atomic mass is 9.79. The van der Waals surface area contributed by atoms with E-state index in [4.69, 9.17) is 0 Å². The highest BCUT2D eigenvalue weighted by Gasteiger charge is 2.47. The first-order chi connectivity index (χ1) is 6.86. The van der Waals surface area contributed by atoms with Gasteiger partial charge in [-0.15, -0.1) is 0 Å². The van der Waals surface area contributed by atoms with Crippen LogP contribution in [0.2, 0.25) is 19.6 Å². The average molecular weight is 220 g/mol. The molecule has 15 heavy (non-hydrogen) atoms. The molecule has 0 radical (unpaired) electrons. The van der Waals surface area contributed by atoms with Crippen molar-refractivity contribution in [1.82, 2.24) is 0 Å². The fourth-order valence-electron chi connectivity index (χ4n) is 2.71. The van der Waals surface area contributed by atoms with Gasteiger partial charge >= 0.3 is 0 Å². The van der Waals surface area contributed by atoms with Gasteiger partial charge in [-0.25, -0.2) is 0 Å². The number of hydrogen-bond acceptors (Lipinski definition) is 1. The highest BCUT2D eigenvalue weighted by molar-refractivity contribution is 6.83. The van der Waals surface area contributed by atoms with Crippen LogP contribution in [0.15, 0.2) is 22.9 Å². The maximum absolute atomic E-state index is 12.2. The molecule has 2 aliphatic carbocycles. The second-order valence-corrected chi connectivity index (χ2v) is 11.1. The molecule has 82 valence electrons. The van der Waals surface area contributed by atoms with Crippen LogP contribution in [0, 0.1) is 5.41 Å². The lowest BCUT2D eigenvalue weighted by Gasteiger charge is -2.27. The molecule has 0 amide bonds. The smallest absolute Gasteiger partial charge is 0.165 e. The van der Waals surface area contributed by atoms with E-state index in [1.54, 1.807) is 0 Å². The standard InChI is InChI=1S/C13H20OSi/c1-10-6-5-7-13(10)9-11(8-12(13)14)15(2,3)4/h6,8H,5,7,9H2,1-4H3. The first-order valence-electron chi connectivity index (χ1n) is 5.79. The van der Waals surface area contributed by atoms with Gasteiger partial charge in [-0.05, 0) is 32.3 Å². The Balaban J connectivity index is 2.32. The molecule has 1 atom stereocenters. The third-order valence-corrected chi connectivity index (χ3v) is 6.26. The molecule has 0 bridgehead atoms. The van der Waals surface area contributed by atoms with Crippen LogP contribution in [-0.4, -0.2) is 13.9 Å². The van der Waals surface area contributed by atoms with Crippen LogP contribution in [0.25, 0.3) is 0 Å². The van der Waals surface area contributed by atoms with Crippen molar-refractivity contribution in [2.45, 2.75) is 45.8 Å². The molecule has 0 N–H and O–H groups in total. The van der Waals surface area contributed by atoms with E-state index in [2.05, 4.69) is 32.6 Å². The summed E-state index contributed by atoms with van der Waals surface area (Å²) in [5, 5.41) is 1.46. The topological polar surface area (TPSA) is 17.1 Å². The lowest BCUT2D eigenvalue weighted by Crippen LogP contribution is -2.28. The van der Waals surface area contributed by atoms with E-state index < -0.39 is 8.07 Å². The molecule has 0 aromatic rings. The Morgan fingerprint density at radius 3 is 2.40 bits per heavy atom. The maximum Gasteiger partial charge on any atom is 0.165 e. The van der Waals surface area contributed by atoms with Crippen molar-refractivity contribution in [2.24, 2.45) is 5.41 Å². The largest absolute Gasteiger partial charge is 0.294 e. The first-order valence-corrected chi connectivity index (χ1v) is 9.29. The van der Waals surface area contributed by atoms with Crippen LogP contribution < -0.4 is 0 Å². The van der Waals surface area contributed by atoms with E-state index in [1.165, 1.54) is 10.8 Å². The number of carbonyl (C=O) groups is 1. The van der Waals surface area contributed by atoms with Gasteiger partial charge in [0.05, 0.1) is 13.5 Å². The second kappa shape index (κ2) is 3.18. The summed E-state index contributed by atoms with van der Waals surface area (Å²) in [6.07, 6.45) is 7.37. The monoisotopic (exact) mass is 220 g/mol. The molecular weight excluding hydrogens is 200 g/mol. The van der Waals surface area contributed by atoms with Crippen molar-refractivity contribution in [3.63, 3.8) is 0 Å². The van der Waals surface area contributed by atoms with E-state index in [-0.39, 0.29) is 5.41 Å². The third kappa shape index (κ3) is 1.55. The van der Waals surface area contributed by atoms with Gasteiger partial charge in [0, 0.05) is 0 Å². The molecule has 0 heterocycles. The van der Waals surface area contributed by atoms with Gasteiger partial charge in [0.1, 0.15) is 0 Å². The predicted octanol–water partition coefficient (Wildman–Crippen LogP) is 3.49. The summed E-state index contributed by atoms with van der Waals surface area (Å²) in [6.45, 7) is 9.13. The summed E-state index contributed by atoms with van der Waals surface area (Å²) >= 11 is 0. The zero-order chi connectivity index (χ0) is 11.3. The van der Waals surface area contributed by atoms with E-state index >= 15 is 0 Å². The summed E-state index contributed by atoms with van der Waals surface area (Å²) < 4.78 is 0. The van der Waals surface area contributed by atoms with Crippen LogP contribution in [0.3, 0.4) is 0 Å². The van der Waals surface area contributed by atoms with Gasteiger partial charge in [0.15, 0.2) is 5.78 Å². The van der Waals surface area contributed by atoms with Gasteiger partial charge in [0.25, 0.3) is 0 Å². The number of hydrogen-bond donors (Lipinski definition) is 0. The molecule has 0 aromatic heterocycles. The lowest BCUT2D eigenvalue weighted by molar-refractivity contribution is -0.120. The molecule has 0 saturated carbocycles. The molecule has 1 unspecified atom stereocenters. The van der Waals surface area contributed by atoms with Crippen LogP contribution in [-0.2, 0) is 4.79 Å². The number of carbonyl (C=O) groups excluding carboxylic acids is 1. The Kier molecular flexibility index (Phi) is 2.30. The normalized spacial score (nSPS) is 31.1. The minimum Gasteiger partial charge on any atom is -0.294 e. The second-order valence-electron chi connectivity index (χ2n) is 5.97. The van der Waals surface area contributed by atoms with Crippen molar-refractivity contribution in [3.05, 3.63) is 22.9 Å². The quantitative estimate of drug-likeness (QED) is 0.488. The van der Waals surface area contributed by atoms with Crippen molar-refractivity contribution >= 4 is 13.9 Å². The molecule has 0 saturated heterocycles. The van der Waals surface area contributed by atoms with Crippen LogP contribution in [0.4, 0.5) is 0 Å². The molecule has 2 rings (SSSR count). The predicted molar refractivity (Wildman–Crippen MR) is 66.5 cm³/mol. The van der Waals surface area contributed by atoms with Crippen LogP contribution >= 0.6 is 0 Å². The van der Waals surface area contributed by atoms with E-state index in [1.807, 2.05) is 6.08 Å². The highest BCUT2D eigenvalue weighted by Crippen LogP contribution is 2.50. The van der Waals surface area contributed by atoms with Crippen LogP contribution in [0.1, 0.15) is 26.2 Å². The Morgan fingerprint density at radius 1 is 1.33 bits per heavy atom. The van der Waals surface area contributed by atoms with Crippen molar-refractivity contribution in [3.8, 4) is 0 Å². The molecular formula is C13H20OSi. The fraction of sp³-hybridized carbons (Fsp3) is 0.615. The Hall–Kier alpha value is -0.633. The number of allylic oxidation sites excluding steroid dienone is 4. The number of ketones is 1. The Morgan fingerprint density at radius 2 is 2.00 bits per heavy atom. The van der Waals surface area contributed by atoms with Gasteiger partial charge in [0.2, 0.25) is 0 Å². The summed E-state index contributed by atoms with van der Waals surface area (Å²) in [5.41, 5.74) is 1.22. The Bertz CT molecular complexity index is 370. The SMILES string of the molecule is CC1=CCCC12CC([Si](C)(C)C)=CC2=O. The molecule has 0 aliphatic heterocycles. The van der Waals surface area contributed by atoms with Crippen molar-refractivity contribution in [1.29, 1.82) is 0 Å². The zero-order valence-electron chi connectivity index (χ0n) is 10.2. The zero-order valence-corrected chi connectivity index (χ0v) is 11.2. The van der Waals surface area contributed by atoms with Gasteiger partial charge in [-0.2, -0.15) is 0 Å². The molecule has 2 aliphatic rings. The molecule has 0 fully saturated rings. The van der Waals surface area contributed by atoms with E-state index in [0.717, 1.165) is 19.3 Å². The molecule has 1 spiro atoms. The Labute approximate surface area is 93.3 Å². The van der Waals surface area contributed by atoms with E-state index in [9.17, 15) is 4.79 Å². The first kappa shape index (κ1) is 10.9. The molecule has 0 aromatic carbocycles. The van der Waals surface area contributed by atoms with Gasteiger partial charge in [-0.3, -0.25) is 4.79 Å². The molecule has 1 nitrogen and oxygen atoms in total. The van der Waals surface area contributed by atoms with Gasteiger partial charge in [-0.1, -0.05) is 36.5 Å². The molecule has 2 heteroatoms.